The number of nitrogens with one attached hydrogen (secondary N) is 2. The van der Waals surface area contributed by atoms with Crippen LogP contribution in [0.4, 0.5) is 11.5 Å². The van der Waals surface area contributed by atoms with Gasteiger partial charge in [0.2, 0.25) is 0 Å². The highest BCUT2D eigenvalue weighted by Gasteiger charge is 2.37. The van der Waals surface area contributed by atoms with Crippen LogP contribution in [-0.2, 0) is 4.79 Å². The van der Waals surface area contributed by atoms with Gasteiger partial charge in [-0.1, -0.05) is 41.4 Å². The maximum Gasteiger partial charge on any atom is 0.257 e. The largest absolute Gasteiger partial charge is 0.495 e. The number of carbonyl (C=O) groups is 1. The van der Waals surface area contributed by atoms with E-state index < -0.39 is 6.04 Å². The van der Waals surface area contributed by atoms with Crippen molar-refractivity contribution in [2.45, 2.75) is 19.9 Å². The van der Waals surface area contributed by atoms with Crippen molar-refractivity contribution in [3.05, 3.63) is 77.2 Å². The van der Waals surface area contributed by atoms with Gasteiger partial charge in [0.1, 0.15) is 23.9 Å². The van der Waals surface area contributed by atoms with E-state index in [1.54, 1.807) is 31.1 Å². The van der Waals surface area contributed by atoms with Crippen LogP contribution in [0, 0.1) is 19.3 Å². The summed E-state index contributed by atoms with van der Waals surface area (Å²) >= 11 is 5.77. The van der Waals surface area contributed by atoms with Crippen molar-refractivity contribution in [1.82, 2.24) is 10.5 Å². The van der Waals surface area contributed by atoms with Gasteiger partial charge in [0.05, 0.1) is 24.4 Å². The van der Waals surface area contributed by atoms with E-state index in [0.29, 0.717) is 50.7 Å². The minimum atomic E-state index is -0.615. The Labute approximate surface area is 208 Å². The van der Waals surface area contributed by atoms with Crippen LogP contribution in [0.2, 0.25) is 0 Å². The smallest absolute Gasteiger partial charge is 0.257 e. The number of allylic oxidation sites excluding steroid dienone is 1. The van der Waals surface area contributed by atoms with Gasteiger partial charge >= 0.3 is 0 Å². The summed E-state index contributed by atoms with van der Waals surface area (Å²) in [5.74, 6) is 4.14. The van der Waals surface area contributed by atoms with Crippen molar-refractivity contribution in [3.8, 4) is 23.8 Å². The monoisotopic (exact) mass is 488 g/mol. The lowest BCUT2D eigenvalue weighted by atomic mass is 9.93. The molecule has 0 unspecified atom stereocenters. The number of anilines is 2. The van der Waals surface area contributed by atoms with Crippen LogP contribution < -0.4 is 25.0 Å². The number of carbonyl (C=O) groups excluding carboxylic acids is 1. The van der Waals surface area contributed by atoms with E-state index in [2.05, 4.69) is 21.7 Å². The third-order valence-electron chi connectivity index (χ3n) is 5.47. The second kappa shape index (κ2) is 10.3. The number of para-hydroxylation sites is 3. The summed E-state index contributed by atoms with van der Waals surface area (Å²) in [5, 5.41) is 10.4. The summed E-state index contributed by atoms with van der Waals surface area (Å²) in [4.78, 5) is 15.4. The molecule has 8 nitrogen and oxygen atoms in total. The SMILES string of the molecule is C#CCOc1ccccc1[C@H]1NC(=S)N(c2ccccc2OC)C(C)=C1C(=O)Nc1cc(C)on1. The third-order valence-corrected chi connectivity index (χ3v) is 5.77. The number of hydrogen-bond donors (Lipinski definition) is 2. The molecule has 1 aliphatic heterocycles. The number of nitrogens with zero attached hydrogens (tertiary/aromatic N) is 2. The molecule has 1 aliphatic rings. The predicted octanol–water partition coefficient (Wildman–Crippen LogP) is 4.35. The topological polar surface area (TPSA) is 88.9 Å². The lowest BCUT2D eigenvalue weighted by Crippen LogP contribution is -2.48. The zero-order chi connectivity index (χ0) is 24.9. The first kappa shape index (κ1) is 23.9. The van der Waals surface area contributed by atoms with Crippen LogP contribution in [0.15, 0.2) is 70.4 Å². The van der Waals surface area contributed by atoms with Crippen molar-refractivity contribution in [2.24, 2.45) is 0 Å². The van der Waals surface area contributed by atoms with Gasteiger partial charge < -0.3 is 24.6 Å². The fraction of sp³-hybridized carbons (Fsp3) is 0.192. The van der Waals surface area contributed by atoms with E-state index in [1.807, 2.05) is 49.4 Å². The molecule has 1 atom stereocenters. The number of ether oxygens (including phenoxy) is 2. The van der Waals surface area contributed by atoms with E-state index in [1.165, 1.54) is 0 Å². The van der Waals surface area contributed by atoms with Crippen molar-refractivity contribution in [1.29, 1.82) is 0 Å². The minimum absolute atomic E-state index is 0.0873. The fourth-order valence-corrected chi connectivity index (χ4v) is 4.31. The molecular formula is C26H24N4O4S. The molecule has 1 aromatic heterocycles. The highest BCUT2D eigenvalue weighted by Crippen LogP contribution is 2.40. The van der Waals surface area contributed by atoms with E-state index in [0.717, 1.165) is 0 Å². The lowest BCUT2D eigenvalue weighted by Gasteiger charge is -2.38. The van der Waals surface area contributed by atoms with Crippen LogP contribution >= 0.6 is 12.2 Å². The summed E-state index contributed by atoms with van der Waals surface area (Å²) in [5.41, 5.74) is 2.45. The van der Waals surface area contributed by atoms with Gasteiger partial charge in [0.25, 0.3) is 5.91 Å². The molecule has 2 N–H and O–H groups in total. The van der Waals surface area contributed by atoms with Gasteiger partial charge in [-0.15, -0.1) is 6.42 Å². The number of hydrogen-bond acceptors (Lipinski definition) is 6. The number of aryl methyl sites for hydroxylation is 1. The Kier molecular flexibility index (Phi) is 7.03. The van der Waals surface area contributed by atoms with Crippen LogP contribution in [0.5, 0.6) is 11.5 Å². The Morgan fingerprint density at radius 2 is 1.94 bits per heavy atom. The second-order valence-electron chi connectivity index (χ2n) is 7.70. The number of aromatic nitrogens is 1. The standard InChI is InChI=1S/C26H24N4O4S/c1-5-14-33-20-12-8-6-10-18(20)24-23(25(31)27-22-15-16(2)34-29-22)17(3)30(26(35)28-24)19-11-7-9-13-21(19)32-4/h1,6-13,15,24H,14H2,2-4H3,(H,28,35)(H,27,29,31)/t24-/m1/s1. The molecule has 0 spiro atoms. The highest BCUT2D eigenvalue weighted by atomic mass is 32.1. The first-order chi connectivity index (χ1) is 16.9. The van der Waals surface area contributed by atoms with Crippen molar-refractivity contribution in [2.75, 3.05) is 23.9 Å². The summed E-state index contributed by atoms with van der Waals surface area (Å²) in [6.07, 6.45) is 5.40. The molecule has 0 saturated carbocycles. The summed E-state index contributed by atoms with van der Waals surface area (Å²) in [6.45, 7) is 3.67. The zero-order valence-corrected chi connectivity index (χ0v) is 20.3. The molecular weight excluding hydrogens is 464 g/mol. The number of terminal acetylenes is 1. The Morgan fingerprint density at radius 3 is 2.63 bits per heavy atom. The molecule has 9 heteroatoms. The van der Waals surface area contributed by atoms with Crippen molar-refractivity contribution in [3.63, 3.8) is 0 Å². The second-order valence-corrected chi connectivity index (χ2v) is 8.08. The first-order valence-corrected chi connectivity index (χ1v) is 11.2. The number of methoxy groups -OCH3 is 1. The molecule has 0 bridgehead atoms. The maximum absolute atomic E-state index is 13.7. The van der Waals surface area contributed by atoms with Crippen LogP contribution in [0.3, 0.4) is 0 Å². The Morgan fingerprint density at radius 1 is 1.23 bits per heavy atom. The Hall–Kier alpha value is -4.29. The average Bonchev–Trinajstić information content (AvgIpc) is 3.27. The van der Waals surface area contributed by atoms with Gasteiger partial charge in [-0.2, -0.15) is 0 Å². The van der Waals surface area contributed by atoms with Gasteiger partial charge in [-0.05, 0) is 44.3 Å². The van der Waals surface area contributed by atoms with E-state index >= 15 is 0 Å². The molecule has 1 amide bonds. The molecule has 0 radical (unpaired) electrons. The van der Waals surface area contributed by atoms with Gasteiger partial charge in [0, 0.05) is 17.3 Å². The van der Waals surface area contributed by atoms with Gasteiger partial charge in [-0.25, -0.2) is 0 Å². The number of rotatable bonds is 7. The predicted molar refractivity (Wildman–Crippen MR) is 137 cm³/mol. The maximum atomic E-state index is 13.7. The number of benzene rings is 2. The number of thiocarbonyl (C=S) groups is 1. The molecule has 2 heterocycles. The van der Waals surface area contributed by atoms with E-state index in [9.17, 15) is 4.79 Å². The van der Waals surface area contributed by atoms with Crippen molar-refractivity contribution >= 4 is 34.7 Å². The minimum Gasteiger partial charge on any atom is -0.495 e. The summed E-state index contributed by atoms with van der Waals surface area (Å²) in [6, 6.07) is 15.8. The quantitative estimate of drug-likeness (QED) is 0.375. The zero-order valence-electron chi connectivity index (χ0n) is 19.5. The summed E-state index contributed by atoms with van der Waals surface area (Å²) in [7, 11) is 1.58. The first-order valence-electron chi connectivity index (χ1n) is 10.8. The molecule has 178 valence electrons. The molecule has 35 heavy (non-hydrogen) atoms. The average molecular weight is 489 g/mol. The van der Waals surface area contributed by atoms with Gasteiger partial charge in [0.15, 0.2) is 10.9 Å². The molecule has 3 aromatic rings. The molecule has 2 aromatic carbocycles. The van der Waals surface area contributed by atoms with E-state index in [4.69, 9.17) is 32.6 Å². The molecule has 0 fully saturated rings. The Bertz CT molecular complexity index is 1340. The Balaban J connectivity index is 1.85. The van der Waals surface area contributed by atoms with Crippen molar-refractivity contribution < 1.29 is 18.8 Å². The lowest BCUT2D eigenvalue weighted by molar-refractivity contribution is -0.113. The summed E-state index contributed by atoms with van der Waals surface area (Å²) < 4.78 is 16.4. The van der Waals surface area contributed by atoms with Crippen LogP contribution in [0.1, 0.15) is 24.3 Å². The fourth-order valence-electron chi connectivity index (χ4n) is 3.95. The van der Waals surface area contributed by atoms with Crippen LogP contribution in [-0.4, -0.2) is 29.9 Å². The van der Waals surface area contributed by atoms with E-state index in [-0.39, 0.29) is 12.5 Å². The number of amides is 1. The molecule has 0 aliphatic carbocycles. The third kappa shape index (κ3) is 4.83. The highest BCUT2D eigenvalue weighted by molar-refractivity contribution is 7.80. The molecule has 4 rings (SSSR count). The molecule has 0 saturated heterocycles. The normalized spacial score (nSPS) is 15.3. The van der Waals surface area contributed by atoms with Crippen LogP contribution in [0.25, 0.3) is 0 Å². The van der Waals surface area contributed by atoms with Gasteiger partial charge in [-0.3, -0.25) is 9.69 Å².